The normalized spacial score (nSPS) is 8.57. The second-order valence-corrected chi connectivity index (χ2v) is 1.49. The van der Waals surface area contributed by atoms with Crippen LogP contribution in [0.5, 0.6) is 0 Å². The first-order valence-electron chi connectivity index (χ1n) is 1.96. The third kappa shape index (κ3) is 0.908. The van der Waals surface area contributed by atoms with Gasteiger partial charge in [0.25, 0.3) is 0 Å². The van der Waals surface area contributed by atoms with Crippen molar-refractivity contribution in [2.45, 2.75) is 0 Å². The van der Waals surface area contributed by atoms with E-state index in [1.807, 2.05) is 6.07 Å². The third-order valence-electron chi connectivity index (χ3n) is 0.710. The van der Waals surface area contributed by atoms with Crippen LogP contribution in [0.2, 0.25) is 0 Å². The van der Waals surface area contributed by atoms with E-state index in [2.05, 4.69) is 8.86 Å². The van der Waals surface area contributed by atoms with Crippen molar-refractivity contribution in [3.05, 3.63) is 24.2 Å². The predicted molar refractivity (Wildman–Crippen MR) is 32.2 cm³/mol. The standard InChI is InChI=1S/C5H5OP/c7-4-5-1-2-6-3-5/h1-4,7H. The molecule has 0 N–H and O–H groups in total. The third-order valence-corrected chi connectivity index (χ3v) is 1.04. The van der Waals surface area contributed by atoms with Crippen molar-refractivity contribution in [3.63, 3.8) is 0 Å². The lowest BCUT2D eigenvalue weighted by atomic mass is 10.4. The Labute approximate surface area is 44.2 Å². The van der Waals surface area contributed by atoms with Crippen LogP contribution in [0.3, 0.4) is 0 Å². The van der Waals surface area contributed by atoms with E-state index in [1.165, 1.54) is 0 Å². The molecule has 0 unspecified atom stereocenters. The van der Waals surface area contributed by atoms with E-state index in [-0.39, 0.29) is 0 Å². The molecule has 0 aliphatic rings. The molecule has 0 fully saturated rings. The van der Waals surface area contributed by atoms with Crippen molar-refractivity contribution in [2.24, 2.45) is 0 Å². The highest BCUT2D eigenvalue weighted by molar-refractivity contribution is 7.19. The Morgan fingerprint density at radius 3 is 2.86 bits per heavy atom. The Balaban J connectivity index is 2.96. The van der Waals surface area contributed by atoms with Gasteiger partial charge in [0.2, 0.25) is 0 Å². The summed E-state index contributed by atoms with van der Waals surface area (Å²) in [4.78, 5) is 0. The molecule has 0 amide bonds. The SMILES string of the molecule is P=Cc1ccoc1. The van der Waals surface area contributed by atoms with Gasteiger partial charge in [-0.3, -0.25) is 0 Å². The van der Waals surface area contributed by atoms with Crippen LogP contribution in [-0.2, 0) is 0 Å². The summed E-state index contributed by atoms with van der Waals surface area (Å²) in [5.41, 5.74) is 1.05. The van der Waals surface area contributed by atoms with Crippen LogP contribution < -0.4 is 0 Å². The molecule has 1 aromatic heterocycles. The summed E-state index contributed by atoms with van der Waals surface area (Å²) in [6.45, 7) is 0. The molecule has 0 saturated heterocycles. The molecule has 0 atom stereocenters. The Morgan fingerprint density at radius 2 is 2.57 bits per heavy atom. The molecule has 0 aliphatic heterocycles. The van der Waals surface area contributed by atoms with E-state index in [1.54, 1.807) is 18.3 Å². The highest BCUT2D eigenvalue weighted by Gasteiger charge is 1.80. The summed E-state index contributed by atoms with van der Waals surface area (Å²) >= 11 is 0. The predicted octanol–water partition coefficient (Wildman–Crippen LogP) is 1.57. The number of rotatable bonds is 1. The lowest BCUT2D eigenvalue weighted by molar-refractivity contribution is 0.567. The van der Waals surface area contributed by atoms with Crippen molar-refractivity contribution >= 4 is 14.7 Å². The maximum atomic E-state index is 4.74. The molecular formula is C5H5OP. The summed E-state index contributed by atoms with van der Waals surface area (Å²) in [6, 6.07) is 1.87. The van der Waals surface area contributed by atoms with Gasteiger partial charge in [0.15, 0.2) is 0 Å². The van der Waals surface area contributed by atoms with Crippen molar-refractivity contribution < 1.29 is 4.42 Å². The Bertz CT molecular complexity index is 143. The fraction of sp³-hybridized carbons (Fsp3) is 0. The van der Waals surface area contributed by atoms with Crippen LogP contribution in [0.25, 0.3) is 0 Å². The van der Waals surface area contributed by atoms with Gasteiger partial charge in [-0.15, -0.1) is 8.86 Å². The lowest BCUT2D eigenvalue weighted by Crippen LogP contribution is -1.62. The summed E-state index contributed by atoms with van der Waals surface area (Å²) < 4.78 is 4.74. The van der Waals surface area contributed by atoms with Gasteiger partial charge in [0.1, 0.15) is 0 Å². The second kappa shape index (κ2) is 1.94. The average molecular weight is 112 g/mol. The van der Waals surface area contributed by atoms with Crippen molar-refractivity contribution in [2.75, 3.05) is 0 Å². The van der Waals surface area contributed by atoms with Gasteiger partial charge < -0.3 is 4.42 Å². The van der Waals surface area contributed by atoms with E-state index in [9.17, 15) is 0 Å². The first-order chi connectivity index (χ1) is 3.43. The molecule has 0 saturated carbocycles. The van der Waals surface area contributed by atoms with Crippen LogP contribution >= 0.6 is 8.86 Å². The quantitative estimate of drug-likeness (QED) is 0.502. The maximum Gasteiger partial charge on any atom is 0.0978 e. The molecule has 0 bridgehead atoms. The fourth-order valence-corrected chi connectivity index (χ4v) is 0.521. The summed E-state index contributed by atoms with van der Waals surface area (Å²) in [6.07, 6.45) is 3.29. The summed E-state index contributed by atoms with van der Waals surface area (Å²) in [5, 5.41) is 0. The molecule has 1 rings (SSSR count). The minimum Gasteiger partial charge on any atom is -0.472 e. The van der Waals surface area contributed by atoms with E-state index in [4.69, 9.17) is 4.42 Å². The topological polar surface area (TPSA) is 13.1 Å². The minimum atomic E-state index is 1.05. The zero-order valence-corrected chi connectivity index (χ0v) is 4.72. The molecule has 7 heavy (non-hydrogen) atoms. The zero-order chi connectivity index (χ0) is 5.11. The fourth-order valence-electron chi connectivity index (χ4n) is 0.357. The first-order valence-corrected chi connectivity index (χ1v) is 2.54. The second-order valence-electron chi connectivity index (χ2n) is 1.20. The van der Waals surface area contributed by atoms with Crippen LogP contribution in [0.1, 0.15) is 5.56 Å². The van der Waals surface area contributed by atoms with Gasteiger partial charge in [0.05, 0.1) is 12.5 Å². The van der Waals surface area contributed by atoms with Gasteiger partial charge in [-0.1, -0.05) is 0 Å². The molecule has 0 spiro atoms. The summed E-state index contributed by atoms with van der Waals surface area (Å²) in [5.74, 6) is 1.80. The van der Waals surface area contributed by atoms with Gasteiger partial charge >= 0.3 is 0 Å². The van der Waals surface area contributed by atoms with Crippen LogP contribution in [0.4, 0.5) is 0 Å². The van der Waals surface area contributed by atoms with E-state index in [0.717, 1.165) is 5.56 Å². The summed E-state index contributed by atoms with van der Waals surface area (Å²) in [7, 11) is 3.20. The molecule has 0 radical (unpaired) electrons. The average Bonchev–Trinajstić information content (AvgIpc) is 2.14. The van der Waals surface area contributed by atoms with Crippen LogP contribution in [0.15, 0.2) is 23.0 Å². The van der Waals surface area contributed by atoms with E-state index < -0.39 is 0 Å². The molecule has 0 aromatic carbocycles. The van der Waals surface area contributed by atoms with Crippen molar-refractivity contribution in [1.29, 1.82) is 0 Å². The van der Waals surface area contributed by atoms with Gasteiger partial charge in [0, 0.05) is 5.56 Å². The van der Waals surface area contributed by atoms with Crippen molar-refractivity contribution in [3.8, 4) is 0 Å². The van der Waals surface area contributed by atoms with Crippen molar-refractivity contribution in [1.82, 2.24) is 0 Å². The highest BCUT2D eigenvalue weighted by atomic mass is 31.0. The lowest BCUT2D eigenvalue weighted by Gasteiger charge is -1.68. The zero-order valence-electron chi connectivity index (χ0n) is 3.72. The minimum absolute atomic E-state index is 1.05. The maximum absolute atomic E-state index is 4.74. The number of furan rings is 1. The molecule has 1 aromatic rings. The monoisotopic (exact) mass is 112 g/mol. The van der Waals surface area contributed by atoms with Gasteiger partial charge in [-0.2, -0.15) is 0 Å². The molecule has 0 aliphatic carbocycles. The van der Waals surface area contributed by atoms with E-state index >= 15 is 0 Å². The van der Waals surface area contributed by atoms with E-state index in [0.29, 0.717) is 0 Å². The van der Waals surface area contributed by atoms with Crippen LogP contribution in [-0.4, -0.2) is 5.80 Å². The smallest absolute Gasteiger partial charge is 0.0978 e. The Morgan fingerprint density at radius 1 is 1.71 bits per heavy atom. The molecule has 1 heterocycles. The number of hydrogen-bond acceptors (Lipinski definition) is 1. The molecule has 1 nitrogen and oxygen atoms in total. The Hall–Kier alpha value is -0.550. The molecule has 2 heteroatoms. The molecular weight excluding hydrogens is 107 g/mol. The highest BCUT2D eigenvalue weighted by Crippen LogP contribution is 1.94. The van der Waals surface area contributed by atoms with Gasteiger partial charge in [-0.05, 0) is 11.9 Å². The van der Waals surface area contributed by atoms with Gasteiger partial charge in [-0.25, -0.2) is 0 Å². The Kier molecular flexibility index (Phi) is 1.28. The number of hydrogen-bond donors (Lipinski definition) is 0. The first kappa shape index (κ1) is 4.61. The molecule has 36 valence electrons. The van der Waals surface area contributed by atoms with Crippen LogP contribution in [0, 0.1) is 0 Å². The largest absolute Gasteiger partial charge is 0.472 e.